The van der Waals surface area contributed by atoms with Crippen molar-refractivity contribution in [3.63, 3.8) is 0 Å². The number of sulfone groups is 1. The molecule has 16 heavy (non-hydrogen) atoms. The molecule has 5 heteroatoms. The number of hydrogen-bond acceptors (Lipinski definition) is 3. The summed E-state index contributed by atoms with van der Waals surface area (Å²) in [5, 5.41) is 9.41. The van der Waals surface area contributed by atoms with Crippen LogP contribution < -0.4 is 0 Å². The van der Waals surface area contributed by atoms with Gasteiger partial charge in [0.2, 0.25) is 0 Å². The molecule has 0 aliphatic rings. The molecule has 1 atom stereocenters. The van der Waals surface area contributed by atoms with E-state index in [-0.39, 0.29) is 24.0 Å². The van der Waals surface area contributed by atoms with E-state index in [4.69, 9.17) is 16.7 Å². The third kappa shape index (κ3) is 4.51. The van der Waals surface area contributed by atoms with Gasteiger partial charge in [0.1, 0.15) is 0 Å². The van der Waals surface area contributed by atoms with Crippen LogP contribution in [0.1, 0.15) is 12.5 Å². The van der Waals surface area contributed by atoms with Crippen molar-refractivity contribution in [1.29, 1.82) is 0 Å². The van der Waals surface area contributed by atoms with Crippen LogP contribution >= 0.6 is 11.6 Å². The maximum Gasteiger partial charge on any atom is 0.154 e. The van der Waals surface area contributed by atoms with Crippen molar-refractivity contribution in [2.45, 2.75) is 12.7 Å². The second kappa shape index (κ2) is 5.66. The summed E-state index contributed by atoms with van der Waals surface area (Å²) >= 11 is 5.71. The van der Waals surface area contributed by atoms with Crippen LogP contribution in [-0.2, 0) is 15.6 Å². The molecule has 3 nitrogen and oxygen atoms in total. The van der Waals surface area contributed by atoms with Crippen LogP contribution in [0, 0.1) is 5.92 Å². The van der Waals surface area contributed by atoms with Gasteiger partial charge in [-0.15, -0.1) is 0 Å². The average molecular weight is 263 g/mol. The lowest BCUT2D eigenvalue weighted by Crippen LogP contribution is -2.18. The summed E-state index contributed by atoms with van der Waals surface area (Å²) in [4.78, 5) is 0. The molecule has 90 valence electrons. The highest BCUT2D eigenvalue weighted by atomic mass is 35.5. The monoisotopic (exact) mass is 262 g/mol. The van der Waals surface area contributed by atoms with Crippen molar-refractivity contribution in [3.05, 3.63) is 34.9 Å². The summed E-state index contributed by atoms with van der Waals surface area (Å²) in [5.74, 6) is -0.224. The maximum absolute atomic E-state index is 11.7. The Bertz CT molecular complexity index is 425. The smallest absolute Gasteiger partial charge is 0.154 e. The van der Waals surface area contributed by atoms with Crippen LogP contribution in [0.25, 0.3) is 0 Å². The number of halogens is 1. The molecule has 0 bridgehead atoms. The fraction of sp³-hybridized carbons (Fsp3) is 0.455. The molecule has 0 aliphatic heterocycles. The Morgan fingerprint density at radius 2 is 1.88 bits per heavy atom. The molecule has 1 unspecified atom stereocenters. The van der Waals surface area contributed by atoms with Crippen molar-refractivity contribution in [3.8, 4) is 0 Å². The molecule has 1 aromatic rings. The van der Waals surface area contributed by atoms with Crippen molar-refractivity contribution in [2.75, 3.05) is 12.4 Å². The van der Waals surface area contributed by atoms with Gasteiger partial charge >= 0.3 is 0 Å². The first kappa shape index (κ1) is 13.5. The third-order valence-electron chi connectivity index (χ3n) is 2.15. The standard InChI is InChI=1S/C11H15ClO3S/c1-9(6-13)7-16(14,15)8-10-2-4-11(12)5-3-10/h2-5,9,13H,6-8H2,1H3. The molecule has 0 saturated carbocycles. The minimum Gasteiger partial charge on any atom is -0.396 e. The van der Waals surface area contributed by atoms with Gasteiger partial charge in [-0.05, 0) is 23.6 Å². The second-order valence-corrected chi connectivity index (χ2v) is 6.51. The first-order valence-corrected chi connectivity index (χ1v) is 7.18. The Balaban J connectivity index is 2.69. The molecule has 0 amide bonds. The summed E-state index contributed by atoms with van der Waals surface area (Å²) in [5.41, 5.74) is 0.717. The molecule has 1 N–H and O–H groups in total. The average Bonchev–Trinajstić information content (AvgIpc) is 2.20. The molecule has 0 radical (unpaired) electrons. The van der Waals surface area contributed by atoms with Gasteiger partial charge in [0, 0.05) is 11.6 Å². The van der Waals surface area contributed by atoms with Crippen LogP contribution in [0.3, 0.4) is 0 Å². The Morgan fingerprint density at radius 1 is 1.31 bits per heavy atom. The Labute approximate surface area is 101 Å². The Hall–Kier alpha value is -0.580. The summed E-state index contributed by atoms with van der Waals surface area (Å²) in [6.07, 6.45) is 0. The van der Waals surface area contributed by atoms with E-state index in [9.17, 15) is 8.42 Å². The fourth-order valence-corrected chi connectivity index (χ4v) is 3.30. The molecule has 0 aliphatic carbocycles. The molecule has 0 saturated heterocycles. The number of benzene rings is 1. The van der Waals surface area contributed by atoms with Crippen molar-refractivity contribution in [2.24, 2.45) is 5.92 Å². The van der Waals surface area contributed by atoms with Crippen LogP contribution in [0.15, 0.2) is 24.3 Å². The number of aliphatic hydroxyl groups excluding tert-OH is 1. The van der Waals surface area contributed by atoms with Crippen LogP contribution in [0.4, 0.5) is 0 Å². The molecule has 1 rings (SSSR count). The lowest BCUT2D eigenvalue weighted by Gasteiger charge is -2.08. The molecule has 0 spiro atoms. The van der Waals surface area contributed by atoms with E-state index in [1.54, 1.807) is 31.2 Å². The largest absolute Gasteiger partial charge is 0.396 e. The minimum absolute atomic E-state index is 0.00545. The van der Waals surface area contributed by atoms with Crippen molar-refractivity contribution in [1.82, 2.24) is 0 Å². The first-order chi connectivity index (χ1) is 7.43. The van der Waals surface area contributed by atoms with E-state index in [0.717, 1.165) is 5.56 Å². The Morgan fingerprint density at radius 3 is 2.38 bits per heavy atom. The summed E-state index contributed by atoms with van der Waals surface area (Å²) in [6.45, 7) is 1.60. The third-order valence-corrected chi connectivity index (χ3v) is 4.25. The SMILES string of the molecule is CC(CO)CS(=O)(=O)Cc1ccc(Cl)cc1. The number of rotatable bonds is 5. The van der Waals surface area contributed by atoms with Crippen molar-refractivity contribution >= 4 is 21.4 Å². The van der Waals surface area contributed by atoms with Crippen LogP contribution in [-0.4, -0.2) is 25.9 Å². The fourth-order valence-electron chi connectivity index (χ4n) is 1.38. The molecule has 1 aromatic carbocycles. The molecule has 0 fully saturated rings. The quantitative estimate of drug-likeness (QED) is 0.882. The first-order valence-electron chi connectivity index (χ1n) is 4.98. The molecule has 0 aromatic heterocycles. The summed E-state index contributed by atoms with van der Waals surface area (Å²) in [6, 6.07) is 6.73. The van der Waals surface area contributed by atoms with E-state index < -0.39 is 9.84 Å². The highest BCUT2D eigenvalue weighted by molar-refractivity contribution is 7.90. The lowest BCUT2D eigenvalue weighted by molar-refractivity contribution is 0.249. The minimum atomic E-state index is -3.16. The van der Waals surface area contributed by atoms with E-state index in [1.807, 2.05) is 0 Å². The van der Waals surface area contributed by atoms with E-state index >= 15 is 0 Å². The van der Waals surface area contributed by atoms with Gasteiger partial charge in [0.25, 0.3) is 0 Å². The van der Waals surface area contributed by atoms with Crippen LogP contribution in [0.5, 0.6) is 0 Å². The van der Waals surface area contributed by atoms with Gasteiger partial charge in [-0.1, -0.05) is 30.7 Å². The van der Waals surface area contributed by atoms with Gasteiger partial charge in [-0.25, -0.2) is 8.42 Å². The van der Waals surface area contributed by atoms with Gasteiger partial charge in [0.05, 0.1) is 11.5 Å². The molecule has 0 heterocycles. The maximum atomic E-state index is 11.7. The van der Waals surface area contributed by atoms with Gasteiger partial charge in [0.15, 0.2) is 9.84 Å². The zero-order valence-corrected chi connectivity index (χ0v) is 10.6. The van der Waals surface area contributed by atoms with Gasteiger partial charge in [-0.2, -0.15) is 0 Å². The summed E-state index contributed by atoms with van der Waals surface area (Å²) < 4.78 is 23.4. The van der Waals surface area contributed by atoms with Gasteiger partial charge in [-0.3, -0.25) is 0 Å². The molecular weight excluding hydrogens is 248 g/mol. The number of aliphatic hydroxyl groups is 1. The second-order valence-electron chi connectivity index (χ2n) is 3.97. The van der Waals surface area contributed by atoms with Crippen LogP contribution in [0.2, 0.25) is 5.02 Å². The van der Waals surface area contributed by atoms with Gasteiger partial charge < -0.3 is 5.11 Å². The topological polar surface area (TPSA) is 54.4 Å². The van der Waals surface area contributed by atoms with E-state index in [2.05, 4.69) is 0 Å². The highest BCUT2D eigenvalue weighted by Crippen LogP contribution is 2.13. The normalized spacial score (nSPS) is 13.7. The Kier molecular flexibility index (Phi) is 4.77. The molecular formula is C11H15ClO3S. The predicted octanol–water partition coefficient (Wildman–Crippen LogP) is 1.88. The van der Waals surface area contributed by atoms with Crippen molar-refractivity contribution < 1.29 is 13.5 Å². The highest BCUT2D eigenvalue weighted by Gasteiger charge is 2.15. The lowest BCUT2D eigenvalue weighted by atomic mass is 10.2. The van der Waals surface area contributed by atoms with E-state index in [1.165, 1.54) is 0 Å². The zero-order valence-electron chi connectivity index (χ0n) is 9.06. The number of hydrogen-bond donors (Lipinski definition) is 1. The van der Waals surface area contributed by atoms with E-state index in [0.29, 0.717) is 5.02 Å². The predicted molar refractivity (Wildman–Crippen MR) is 65.2 cm³/mol. The summed E-state index contributed by atoms with van der Waals surface area (Å²) in [7, 11) is -3.16. The zero-order chi connectivity index (χ0) is 12.2.